The van der Waals surface area contributed by atoms with Gasteiger partial charge in [0.1, 0.15) is 5.82 Å². The molecule has 2 heterocycles. The average molecular weight is 235 g/mol. The molecule has 0 aromatic carbocycles. The van der Waals surface area contributed by atoms with E-state index in [2.05, 4.69) is 41.0 Å². The minimum atomic E-state index is -0.217. The number of hydrogen-bond acceptors (Lipinski definition) is 4. The zero-order chi connectivity index (χ0) is 12.8. The van der Waals surface area contributed by atoms with Crippen molar-refractivity contribution in [2.75, 3.05) is 12.4 Å². The lowest BCUT2D eigenvalue weighted by molar-refractivity contribution is 0.397. The summed E-state index contributed by atoms with van der Waals surface area (Å²) in [6.07, 6.45) is 0. The molecule has 0 aliphatic rings. The highest BCUT2D eigenvalue weighted by Gasteiger charge is 2.22. The lowest BCUT2D eigenvalue weighted by Gasteiger charge is -2.22. The Morgan fingerprint density at radius 1 is 1.29 bits per heavy atom. The molecule has 17 heavy (non-hydrogen) atoms. The highest BCUT2D eigenvalue weighted by Crippen LogP contribution is 2.22. The highest BCUT2D eigenvalue weighted by atomic mass is 16.1. The molecule has 0 bridgehead atoms. The maximum Gasteiger partial charge on any atom is 0.280 e. The molecule has 6 heteroatoms. The van der Waals surface area contributed by atoms with Crippen molar-refractivity contribution < 1.29 is 0 Å². The van der Waals surface area contributed by atoms with Gasteiger partial charge in [-0.1, -0.05) is 0 Å². The lowest BCUT2D eigenvalue weighted by atomic mass is 10.1. The van der Waals surface area contributed by atoms with Crippen molar-refractivity contribution in [1.82, 2.24) is 19.5 Å². The van der Waals surface area contributed by atoms with Crippen molar-refractivity contribution in [3.63, 3.8) is 0 Å². The van der Waals surface area contributed by atoms with E-state index in [4.69, 9.17) is 0 Å². The topological polar surface area (TPSA) is 75.6 Å². The van der Waals surface area contributed by atoms with Gasteiger partial charge < -0.3 is 9.88 Å². The minimum absolute atomic E-state index is 0.162. The fraction of sp³-hybridized carbons (Fsp3) is 0.545. The Hall–Kier alpha value is -1.85. The van der Waals surface area contributed by atoms with Crippen LogP contribution in [0.5, 0.6) is 0 Å². The number of aromatic amines is 1. The first kappa shape index (κ1) is 11.6. The summed E-state index contributed by atoms with van der Waals surface area (Å²) in [5.74, 6) is 1.24. The molecule has 92 valence electrons. The zero-order valence-corrected chi connectivity index (χ0v) is 10.7. The Morgan fingerprint density at radius 2 is 1.94 bits per heavy atom. The number of nitrogens with one attached hydrogen (secondary N) is 2. The molecule has 0 radical (unpaired) electrons. The first-order valence-electron chi connectivity index (χ1n) is 5.52. The van der Waals surface area contributed by atoms with Gasteiger partial charge in [-0.2, -0.15) is 4.98 Å². The summed E-state index contributed by atoms with van der Waals surface area (Å²) >= 11 is 0. The van der Waals surface area contributed by atoms with Gasteiger partial charge in [-0.25, -0.2) is 4.98 Å². The van der Waals surface area contributed by atoms with Gasteiger partial charge in [-0.05, 0) is 27.7 Å². The number of aryl methyl sites for hydroxylation is 1. The molecular weight excluding hydrogens is 218 g/mol. The van der Waals surface area contributed by atoms with E-state index < -0.39 is 0 Å². The van der Waals surface area contributed by atoms with Crippen LogP contribution in [0.1, 0.15) is 26.6 Å². The number of H-pyrrole nitrogens is 1. The summed E-state index contributed by atoms with van der Waals surface area (Å²) in [7, 11) is 1.72. The van der Waals surface area contributed by atoms with E-state index in [0.29, 0.717) is 17.1 Å². The SMILES string of the molecule is CNc1nc2c(nc(C)n2C(C)(C)C)c(=O)[nH]1. The number of anilines is 1. The first-order valence-corrected chi connectivity index (χ1v) is 5.52. The Bertz CT molecular complexity index is 617. The first-order chi connectivity index (χ1) is 7.84. The number of aromatic nitrogens is 4. The second kappa shape index (κ2) is 3.58. The summed E-state index contributed by atoms with van der Waals surface area (Å²) in [5, 5.41) is 2.84. The van der Waals surface area contributed by atoms with Crippen LogP contribution in [0.2, 0.25) is 0 Å². The molecule has 0 aliphatic carbocycles. The number of hydrogen-bond donors (Lipinski definition) is 2. The average Bonchev–Trinajstić information content (AvgIpc) is 2.54. The molecule has 0 spiro atoms. The minimum Gasteiger partial charge on any atom is -0.359 e. The predicted octanol–water partition coefficient (Wildman–Crippen LogP) is 1.22. The summed E-state index contributed by atoms with van der Waals surface area (Å²) in [6, 6.07) is 0. The lowest BCUT2D eigenvalue weighted by Crippen LogP contribution is -2.24. The van der Waals surface area contributed by atoms with Crippen molar-refractivity contribution in [2.45, 2.75) is 33.2 Å². The Labute approximate surface area is 99.1 Å². The van der Waals surface area contributed by atoms with Gasteiger partial charge in [-0.15, -0.1) is 0 Å². The summed E-state index contributed by atoms with van der Waals surface area (Å²) in [6.45, 7) is 8.06. The molecule has 0 aliphatic heterocycles. The third kappa shape index (κ3) is 1.79. The second-order valence-corrected chi connectivity index (χ2v) is 5.00. The maximum atomic E-state index is 11.8. The van der Waals surface area contributed by atoms with Crippen molar-refractivity contribution >= 4 is 17.1 Å². The molecule has 2 rings (SSSR count). The highest BCUT2D eigenvalue weighted by molar-refractivity contribution is 5.72. The van der Waals surface area contributed by atoms with E-state index in [9.17, 15) is 4.79 Å². The molecule has 6 nitrogen and oxygen atoms in total. The molecular formula is C11H17N5O. The van der Waals surface area contributed by atoms with Gasteiger partial charge in [0.15, 0.2) is 11.2 Å². The monoisotopic (exact) mass is 235 g/mol. The summed E-state index contributed by atoms with van der Waals surface area (Å²) in [5.41, 5.74) is 0.620. The van der Waals surface area contributed by atoms with Crippen LogP contribution in [0.25, 0.3) is 11.2 Å². The van der Waals surface area contributed by atoms with Gasteiger partial charge in [0, 0.05) is 12.6 Å². The Balaban J connectivity index is 2.90. The van der Waals surface area contributed by atoms with Gasteiger partial charge in [-0.3, -0.25) is 9.78 Å². The van der Waals surface area contributed by atoms with Crippen LogP contribution < -0.4 is 10.9 Å². The maximum absolute atomic E-state index is 11.8. The number of rotatable bonds is 1. The number of nitrogens with zero attached hydrogens (tertiary/aromatic N) is 3. The molecule has 0 saturated carbocycles. The van der Waals surface area contributed by atoms with Gasteiger partial charge >= 0.3 is 0 Å². The Morgan fingerprint density at radius 3 is 2.47 bits per heavy atom. The Kier molecular flexibility index (Phi) is 2.45. The van der Waals surface area contributed by atoms with Crippen molar-refractivity contribution in [3.05, 3.63) is 16.2 Å². The van der Waals surface area contributed by atoms with Gasteiger partial charge in [0.2, 0.25) is 5.95 Å². The normalized spacial score (nSPS) is 12.1. The van der Waals surface area contributed by atoms with Crippen molar-refractivity contribution in [1.29, 1.82) is 0 Å². The van der Waals surface area contributed by atoms with E-state index >= 15 is 0 Å². The fourth-order valence-corrected chi connectivity index (χ4v) is 2.00. The van der Waals surface area contributed by atoms with E-state index in [0.717, 1.165) is 5.82 Å². The molecule has 0 atom stereocenters. The van der Waals surface area contributed by atoms with Crippen LogP contribution in [-0.2, 0) is 5.54 Å². The molecule has 0 unspecified atom stereocenters. The van der Waals surface area contributed by atoms with E-state index in [1.807, 2.05) is 11.5 Å². The third-order valence-corrected chi connectivity index (χ3v) is 2.59. The van der Waals surface area contributed by atoms with Crippen molar-refractivity contribution in [2.24, 2.45) is 0 Å². The smallest absolute Gasteiger partial charge is 0.280 e. The van der Waals surface area contributed by atoms with E-state index in [1.165, 1.54) is 0 Å². The largest absolute Gasteiger partial charge is 0.359 e. The molecule has 0 amide bonds. The van der Waals surface area contributed by atoms with Crippen LogP contribution in [0.3, 0.4) is 0 Å². The second-order valence-electron chi connectivity index (χ2n) is 5.00. The number of fused-ring (bicyclic) bond motifs is 1. The fourth-order valence-electron chi connectivity index (χ4n) is 2.00. The van der Waals surface area contributed by atoms with Crippen LogP contribution in [-0.4, -0.2) is 26.6 Å². The summed E-state index contributed by atoms with van der Waals surface area (Å²) < 4.78 is 1.97. The van der Waals surface area contributed by atoms with Gasteiger partial charge in [0.05, 0.1) is 0 Å². The molecule has 0 saturated heterocycles. The van der Waals surface area contributed by atoms with E-state index in [-0.39, 0.29) is 11.1 Å². The molecule has 2 N–H and O–H groups in total. The van der Waals surface area contributed by atoms with Crippen LogP contribution in [0, 0.1) is 6.92 Å². The number of imidazole rings is 1. The van der Waals surface area contributed by atoms with Gasteiger partial charge in [0.25, 0.3) is 5.56 Å². The third-order valence-electron chi connectivity index (χ3n) is 2.59. The van der Waals surface area contributed by atoms with Crippen LogP contribution in [0.15, 0.2) is 4.79 Å². The van der Waals surface area contributed by atoms with E-state index in [1.54, 1.807) is 7.05 Å². The molecule has 0 fully saturated rings. The molecule has 2 aromatic rings. The zero-order valence-electron chi connectivity index (χ0n) is 10.7. The standard InChI is InChI=1S/C11H17N5O/c1-6-13-7-8(16(6)11(2,3)4)14-10(12-5)15-9(7)17/h1-5H3,(H2,12,14,15,17). The van der Waals surface area contributed by atoms with Crippen LogP contribution in [0.4, 0.5) is 5.95 Å². The predicted molar refractivity (Wildman–Crippen MR) is 67.4 cm³/mol. The quantitative estimate of drug-likeness (QED) is 0.779. The summed E-state index contributed by atoms with van der Waals surface area (Å²) in [4.78, 5) is 23.1. The van der Waals surface area contributed by atoms with Crippen LogP contribution >= 0.6 is 0 Å². The molecule has 2 aromatic heterocycles. The van der Waals surface area contributed by atoms with Crippen molar-refractivity contribution in [3.8, 4) is 0 Å².